The predicted octanol–water partition coefficient (Wildman–Crippen LogP) is 0.401. The zero-order valence-corrected chi connectivity index (χ0v) is 13.9. The highest BCUT2D eigenvalue weighted by molar-refractivity contribution is 7.88. The van der Waals surface area contributed by atoms with Crippen LogP contribution in [-0.4, -0.2) is 68.0 Å². The van der Waals surface area contributed by atoms with Crippen molar-refractivity contribution in [3.63, 3.8) is 0 Å². The Balaban J connectivity index is 1.92. The molecule has 0 aromatic carbocycles. The van der Waals surface area contributed by atoms with Crippen molar-refractivity contribution in [2.75, 3.05) is 32.4 Å². The number of likely N-dealkylation sites (N-methyl/N-ethyl adjacent to an activating group) is 1. The molecule has 0 spiro atoms. The molecule has 0 saturated carbocycles. The lowest BCUT2D eigenvalue weighted by Gasteiger charge is -2.33. The molecule has 2 aliphatic heterocycles. The van der Waals surface area contributed by atoms with Gasteiger partial charge in [0.05, 0.1) is 6.26 Å². The van der Waals surface area contributed by atoms with E-state index < -0.39 is 16.1 Å². The second-order valence-corrected chi connectivity index (χ2v) is 7.99. The SMILES string of the molecule is CCN1CCC[C@@H]1CNC(=O)[C@@H]1CCCCN1S(C)(=O)=O. The van der Waals surface area contributed by atoms with E-state index in [1.165, 1.54) is 17.0 Å². The van der Waals surface area contributed by atoms with E-state index in [1.807, 2.05) is 0 Å². The van der Waals surface area contributed by atoms with E-state index in [2.05, 4.69) is 17.1 Å². The number of carbonyl (C=O) groups excluding carboxylic acids is 1. The lowest BCUT2D eigenvalue weighted by molar-refractivity contribution is -0.125. The molecule has 0 aromatic heterocycles. The normalized spacial score (nSPS) is 28.7. The van der Waals surface area contributed by atoms with Gasteiger partial charge in [-0.3, -0.25) is 9.69 Å². The molecule has 0 radical (unpaired) electrons. The molecular weight excluding hydrogens is 290 g/mol. The van der Waals surface area contributed by atoms with Gasteiger partial charge in [-0.15, -0.1) is 0 Å². The topological polar surface area (TPSA) is 69.7 Å². The van der Waals surface area contributed by atoms with E-state index in [1.54, 1.807) is 0 Å². The van der Waals surface area contributed by atoms with Crippen LogP contribution in [0.5, 0.6) is 0 Å². The Kier molecular flexibility index (Phi) is 5.62. The number of sulfonamides is 1. The quantitative estimate of drug-likeness (QED) is 0.797. The van der Waals surface area contributed by atoms with Crippen LogP contribution in [0.2, 0.25) is 0 Å². The number of hydrogen-bond acceptors (Lipinski definition) is 4. The van der Waals surface area contributed by atoms with Crippen LogP contribution in [0, 0.1) is 0 Å². The van der Waals surface area contributed by atoms with E-state index in [0.717, 1.165) is 32.4 Å². The molecule has 0 aliphatic carbocycles. The molecule has 2 saturated heterocycles. The van der Waals surface area contributed by atoms with Gasteiger partial charge in [0.25, 0.3) is 0 Å². The van der Waals surface area contributed by atoms with Gasteiger partial charge < -0.3 is 5.32 Å². The number of amides is 1. The molecule has 2 rings (SSSR count). The van der Waals surface area contributed by atoms with Crippen molar-refractivity contribution in [1.82, 2.24) is 14.5 Å². The zero-order valence-electron chi connectivity index (χ0n) is 13.0. The predicted molar refractivity (Wildman–Crippen MR) is 82.5 cm³/mol. The summed E-state index contributed by atoms with van der Waals surface area (Å²) in [6.07, 6.45) is 5.84. The first-order chi connectivity index (χ1) is 9.93. The van der Waals surface area contributed by atoms with Crippen molar-refractivity contribution in [2.45, 2.75) is 51.1 Å². The second kappa shape index (κ2) is 7.07. The minimum atomic E-state index is -3.31. The number of carbonyl (C=O) groups is 1. The smallest absolute Gasteiger partial charge is 0.238 e. The van der Waals surface area contributed by atoms with Crippen molar-refractivity contribution in [3.8, 4) is 0 Å². The van der Waals surface area contributed by atoms with Crippen LogP contribution in [0.25, 0.3) is 0 Å². The van der Waals surface area contributed by atoms with Gasteiger partial charge in [0, 0.05) is 19.1 Å². The van der Waals surface area contributed by atoms with Crippen LogP contribution in [0.15, 0.2) is 0 Å². The fourth-order valence-corrected chi connectivity index (χ4v) is 4.57. The van der Waals surface area contributed by atoms with Crippen molar-refractivity contribution in [1.29, 1.82) is 0 Å². The van der Waals surface area contributed by atoms with Crippen molar-refractivity contribution >= 4 is 15.9 Å². The zero-order chi connectivity index (χ0) is 15.5. The van der Waals surface area contributed by atoms with Gasteiger partial charge in [-0.2, -0.15) is 4.31 Å². The molecule has 21 heavy (non-hydrogen) atoms. The Labute approximate surface area is 127 Å². The minimum absolute atomic E-state index is 0.136. The summed E-state index contributed by atoms with van der Waals surface area (Å²) in [4.78, 5) is 14.7. The number of piperidine rings is 1. The first-order valence-electron chi connectivity index (χ1n) is 7.92. The summed E-state index contributed by atoms with van der Waals surface area (Å²) in [5.74, 6) is -0.136. The molecule has 2 fully saturated rings. The highest BCUT2D eigenvalue weighted by Gasteiger charge is 2.34. The summed E-state index contributed by atoms with van der Waals surface area (Å²) >= 11 is 0. The van der Waals surface area contributed by atoms with E-state index in [-0.39, 0.29) is 5.91 Å². The summed E-state index contributed by atoms with van der Waals surface area (Å²) in [5.41, 5.74) is 0. The lowest BCUT2D eigenvalue weighted by atomic mass is 10.0. The van der Waals surface area contributed by atoms with Crippen LogP contribution in [0.4, 0.5) is 0 Å². The number of nitrogens with zero attached hydrogens (tertiary/aromatic N) is 2. The average molecular weight is 317 g/mol. The lowest BCUT2D eigenvalue weighted by Crippen LogP contribution is -2.53. The minimum Gasteiger partial charge on any atom is -0.353 e. The maximum Gasteiger partial charge on any atom is 0.238 e. The molecule has 0 bridgehead atoms. The van der Waals surface area contributed by atoms with Gasteiger partial charge in [-0.1, -0.05) is 13.3 Å². The summed E-state index contributed by atoms with van der Waals surface area (Å²) < 4.78 is 25.0. The Morgan fingerprint density at radius 2 is 1.95 bits per heavy atom. The van der Waals surface area contributed by atoms with Crippen LogP contribution in [0.3, 0.4) is 0 Å². The number of rotatable bonds is 5. The highest BCUT2D eigenvalue weighted by Crippen LogP contribution is 2.20. The first kappa shape index (κ1) is 16.7. The number of nitrogens with one attached hydrogen (secondary N) is 1. The molecule has 2 heterocycles. The van der Waals surface area contributed by atoms with Crippen molar-refractivity contribution < 1.29 is 13.2 Å². The Bertz CT molecular complexity index is 466. The molecule has 0 unspecified atom stereocenters. The van der Waals surface area contributed by atoms with Crippen LogP contribution in [-0.2, 0) is 14.8 Å². The molecule has 2 atom stereocenters. The molecule has 6 nitrogen and oxygen atoms in total. The third kappa shape index (κ3) is 4.17. The maximum atomic E-state index is 12.4. The van der Waals surface area contributed by atoms with Crippen molar-refractivity contribution in [2.24, 2.45) is 0 Å². The summed E-state index contributed by atoms with van der Waals surface area (Å²) in [6.45, 7) is 5.31. The summed E-state index contributed by atoms with van der Waals surface area (Å²) in [5, 5.41) is 2.97. The van der Waals surface area contributed by atoms with E-state index in [4.69, 9.17) is 0 Å². The number of hydrogen-bond donors (Lipinski definition) is 1. The molecule has 0 aromatic rings. The van der Waals surface area contributed by atoms with Gasteiger partial charge in [0.1, 0.15) is 6.04 Å². The number of likely N-dealkylation sites (tertiary alicyclic amines) is 1. The Morgan fingerprint density at radius 1 is 1.19 bits per heavy atom. The third-order valence-corrected chi connectivity index (χ3v) is 5.89. The molecule has 2 aliphatic rings. The van der Waals surface area contributed by atoms with Gasteiger partial charge in [0.2, 0.25) is 15.9 Å². The molecular formula is C14H27N3O3S. The standard InChI is InChI=1S/C14H27N3O3S/c1-3-16-9-6-7-12(16)11-15-14(18)13-8-4-5-10-17(13)21(2,19)20/h12-13H,3-11H2,1-2H3,(H,15,18)/t12-,13+/m1/s1. The third-order valence-electron chi connectivity index (χ3n) is 4.60. The fourth-order valence-electron chi connectivity index (χ4n) is 3.44. The van der Waals surface area contributed by atoms with Crippen LogP contribution >= 0.6 is 0 Å². The van der Waals surface area contributed by atoms with Gasteiger partial charge in [-0.05, 0) is 38.8 Å². The Hall–Kier alpha value is -0.660. The fraction of sp³-hybridized carbons (Fsp3) is 0.929. The largest absolute Gasteiger partial charge is 0.353 e. The van der Waals surface area contributed by atoms with Crippen molar-refractivity contribution in [3.05, 3.63) is 0 Å². The monoisotopic (exact) mass is 317 g/mol. The van der Waals surface area contributed by atoms with E-state index in [9.17, 15) is 13.2 Å². The van der Waals surface area contributed by atoms with Crippen LogP contribution in [0.1, 0.15) is 39.0 Å². The van der Waals surface area contributed by atoms with Crippen LogP contribution < -0.4 is 5.32 Å². The molecule has 1 N–H and O–H groups in total. The van der Waals surface area contributed by atoms with Gasteiger partial charge >= 0.3 is 0 Å². The molecule has 1 amide bonds. The summed E-state index contributed by atoms with van der Waals surface area (Å²) in [7, 11) is -3.31. The summed E-state index contributed by atoms with van der Waals surface area (Å²) in [6, 6.07) is -0.126. The maximum absolute atomic E-state index is 12.4. The highest BCUT2D eigenvalue weighted by atomic mass is 32.2. The van der Waals surface area contributed by atoms with E-state index in [0.29, 0.717) is 25.6 Å². The second-order valence-electron chi connectivity index (χ2n) is 6.06. The van der Waals surface area contributed by atoms with Gasteiger partial charge in [-0.25, -0.2) is 8.42 Å². The van der Waals surface area contributed by atoms with E-state index >= 15 is 0 Å². The molecule has 7 heteroatoms. The van der Waals surface area contributed by atoms with Gasteiger partial charge in [0.15, 0.2) is 0 Å². The first-order valence-corrected chi connectivity index (χ1v) is 9.77. The average Bonchev–Trinajstić information content (AvgIpc) is 2.91. The Morgan fingerprint density at radius 3 is 2.62 bits per heavy atom. The molecule has 122 valence electrons.